The second kappa shape index (κ2) is 9.59. The molecule has 0 spiro atoms. The van der Waals surface area contributed by atoms with Gasteiger partial charge in [0.15, 0.2) is 0 Å². The summed E-state index contributed by atoms with van der Waals surface area (Å²) in [6.07, 6.45) is -3.04. The fraction of sp³-hybridized carbons (Fsp3) is 0.381. The number of likely N-dealkylation sites (N-methyl/N-ethyl adjacent to an activating group) is 1. The first-order chi connectivity index (χ1) is 13.1. The molecule has 0 radical (unpaired) electrons. The summed E-state index contributed by atoms with van der Waals surface area (Å²) < 4.78 is 37.7. The van der Waals surface area contributed by atoms with Crippen LogP contribution in [0.15, 0.2) is 48.5 Å². The molecular formula is C21H25F3N2O2. The monoisotopic (exact) mass is 394 g/mol. The Kier molecular flexibility index (Phi) is 7.45. The van der Waals surface area contributed by atoms with E-state index in [4.69, 9.17) is 0 Å². The van der Waals surface area contributed by atoms with Gasteiger partial charge < -0.3 is 15.3 Å². The third-order valence-electron chi connectivity index (χ3n) is 4.59. The zero-order chi connectivity index (χ0) is 20.7. The Morgan fingerprint density at radius 1 is 1.04 bits per heavy atom. The molecule has 0 heterocycles. The molecule has 0 aromatic heterocycles. The van der Waals surface area contributed by atoms with Crippen LogP contribution >= 0.6 is 0 Å². The number of halogens is 3. The highest BCUT2D eigenvalue weighted by Gasteiger charge is 2.29. The van der Waals surface area contributed by atoms with E-state index in [2.05, 4.69) is 5.32 Å². The highest BCUT2D eigenvalue weighted by molar-refractivity contribution is 5.76. The largest absolute Gasteiger partial charge is 0.508 e. The van der Waals surface area contributed by atoms with Crippen molar-refractivity contribution in [2.75, 3.05) is 20.6 Å². The quantitative estimate of drug-likeness (QED) is 0.719. The summed E-state index contributed by atoms with van der Waals surface area (Å²) in [6, 6.07) is 11.9. The summed E-state index contributed by atoms with van der Waals surface area (Å²) in [5.74, 6) is 0.0687. The standard InChI is InChI=1S/C21H25F3N2O2/c1-26(2)18(13-16-5-10-19(27)11-6-16)14-25-20(28)12-7-15-3-8-17(9-4-15)21(22,23)24/h3-6,8-11,18,27H,7,12-14H2,1-2H3,(H,25,28)/t18-/m0/s1. The molecule has 0 aliphatic heterocycles. The van der Waals surface area contributed by atoms with Crippen LogP contribution in [0.4, 0.5) is 13.2 Å². The summed E-state index contributed by atoms with van der Waals surface area (Å²) >= 11 is 0. The molecule has 0 unspecified atom stereocenters. The molecule has 2 aromatic carbocycles. The van der Waals surface area contributed by atoms with Crippen LogP contribution in [0, 0.1) is 0 Å². The first-order valence-corrected chi connectivity index (χ1v) is 9.02. The second-order valence-electron chi connectivity index (χ2n) is 6.99. The van der Waals surface area contributed by atoms with Crippen LogP contribution in [0.3, 0.4) is 0 Å². The van der Waals surface area contributed by atoms with Gasteiger partial charge in [0.1, 0.15) is 5.75 Å². The van der Waals surface area contributed by atoms with Gasteiger partial charge in [-0.05, 0) is 62.3 Å². The number of aryl methyl sites for hydroxylation is 1. The summed E-state index contributed by atoms with van der Waals surface area (Å²) in [5, 5.41) is 12.3. The van der Waals surface area contributed by atoms with Crippen molar-refractivity contribution in [3.63, 3.8) is 0 Å². The maximum atomic E-state index is 12.6. The van der Waals surface area contributed by atoms with Gasteiger partial charge in [-0.25, -0.2) is 0 Å². The number of nitrogens with one attached hydrogen (secondary N) is 1. The lowest BCUT2D eigenvalue weighted by Crippen LogP contribution is -2.41. The molecule has 7 heteroatoms. The smallest absolute Gasteiger partial charge is 0.416 e. The van der Waals surface area contributed by atoms with E-state index in [1.807, 2.05) is 31.1 Å². The number of aromatic hydroxyl groups is 1. The molecule has 1 atom stereocenters. The molecule has 0 aliphatic rings. The fourth-order valence-electron chi connectivity index (χ4n) is 2.78. The van der Waals surface area contributed by atoms with E-state index in [-0.39, 0.29) is 24.1 Å². The number of amides is 1. The third kappa shape index (κ3) is 6.88. The SMILES string of the molecule is CN(C)[C@H](CNC(=O)CCc1ccc(C(F)(F)F)cc1)Cc1ccc(O)cc1. The minimum Gasteiger partial charge on any atom is -0.508 e. The van der Waals surface area contributed by atoms with Crippen molar-refractivity contribution in [1.82, 2.24) is 10.2 Å². The van der Waals surface area contributed by atoms with Crippen LogP contribution in [0.1, 0.15) is 23.1 Å². The number of alkyl halides is 3. The summed E-state index contributed by atoms with van der Waals surface area (Å²) in [4.78, 5) is 14.1. The molecule has 28 heavy (non-hydrogen) atoms. The Morgan fingerprint density at radius 2 is 1.61 bits per heavy atom. The first kappa shape index (κ1) is 21.8. The van der Waals surface area contributed by atoms with Gasteiger partial charge in [-0.3, -0.25) is 4.79 Å². The second-order valence-corrected chi connectivity index (χ2v) is 6.99. The Balaban J connectivity index is 1.81. The zero-order valence-electron chi connectivity index (χ0n) is 16.0. The normalized spacial score (nSPS) is 12.8. The number of hydrogen-bond donors (Lipinski definition) is 2. The predicted octanol–water partition coefficient (Wildman–Crippen LogP) is 3.63. The van der Waals surface area contributed by atoms with E-state index in [0.29, 0.717) is 24.9 Å². The lowest BCUT2D eigenvalue weighted by atomic mass is 10.0. The maximum Gasteiger partial charge on any atom is 0.416 e. The minimum atomic E-state index is -4.35. The van der Waals surface area contributed by atoms with Crippen molar-refractivity contribution in [2.24, 2.45) is 0 Å². The van der Waals surface area contributed by atoms with E-state index >= 15 is 0 Å². The molecule has 4 nitrogen and oxygen atoms in total. The van der Waals surface area contributed by atoms with Crippen molar-refractivity contribution in [2.45, 2.75) is 31.5 Å². The summed E-state index contributed by atoms with van der Waals surface area (Å²) in [5.41, 5.74) is 1.05. The van der Waals surface area contributed by atoms with Gasteiger partial charge >= 0.3 is 6.18 Å². The first-order valence-electron chi connectivity index (χ1n) is 9.02. The molecular weight excluding hydrogens is 369 g/mol. The van der Waals surface area contributed by atoms with Gasteiger partial charge in [-0.1, -0.05) is 24.3 Å². The Morgan fingerprint density at radius 3 is 2.14 bits per heavy atom. The van der Waals surface area contributed by atoms with Crippen molar-refractivity contribution in [3.8, 4) is 5.75 Å². The highest BCUT2D eigenvalue weighted by atomic mass is 19.4. The number of phenols is 1. The number of hydrogen-bond acceptors (Lipinski definition) is 3. The van der Waals surface area contributed by atoms with E-state index in [9.17, 15) is 23.1 Å². The number of phenolic OH excluding ortho intramolecular Hbond substituents is 1. The molecule has 1 amide bonds. The third-order valence-corrected chi connectivity index (χ3v) is 4.59. The van der Waals surface area contributed by atoms with Gasteiger partial charge in [0.05, 0.1) is 5.56 Å². The molecule has 2 rings (SSSR count). The number of nitrogens with zero attached hydrogens (tertiary/aromatic N) is 1. The van der Waals surface area contributed by atoms with Crippen molar-refractivity contribution in [1.29, 1.82) is 0 Å². The molecule has 0 bridgehead atoms. The number of carbonyl (C=O) groups is 1. The van der Waals surface area contributed by atoms with Crippen LogP contribution < -0.4 is 5.32 Å². The summed E-state index contributed by atoms with van der Waals surface area (Å²) in [7, 11) is 3.86. The van der Waals surface area contributed by atoms with E-state index < -0.39 is 11.7 Å². The number of benzene rings is 2. The van der Waals surface area contributed by atoms with Crippen LogP contribution in [-0.4, -0.2) is 42.6 Å². The molecule has 2 aromatic rings. The van der Waals surface area contributed by atoms with E-state index in [1.165, 1.54) is 12.1 Å². The lowest BCUT2D eigenvalue weighted by molar-refractivity contribution is -0.137. The Hall–Kier alpha value is -2.54. The molecule has 152 valence electrons. The maximum absolute atomic E-state index is 12.6. The highest BCUT2D eigenvalue weighted by Crippen LogP contribution is 2.29. The summed E-state index contributed by atoms with van der Waals surface area (Å²) in [6.45, 7) is 0.458. The minimum absolute atomic E-state index is 0.0829. The number of rotatable bonds is 8. The zero-order valence-corrected chi connectivity index (χ0v) is 16.0. The van der Waals surface area contributed by atoms with Gasteiger partial charge in [0.25, 0.3) is 0 Å². The predicted molar refractivity (Wildman–Crippen MR) is 102 cm³/mol. The molecule has 0 aliphatic carbocycles. The van der Waals surface area contributed by atoms with Gasteiger partial charge in [-0.15, -0.1) is 0 Å². The molecule has 0 saturated heterocycles. The van der Waals surface area contributed by atoms with Crippen molar-refractivity contribution >= 4 is 5.91 Å². The van der Waals surface area contributed by atoms with Crippen LogP contribution in [0.25, 0.3) is 0 Å². The van der Waals surface area contributed by atoms with Crippen LogP contribution in [0.2, 0.25) is 0 Å². The molecule has 2 N–H and O–H groups in total. The molecule has 0 fully saturated rings. The van der Waals surface area contributed by atoms with Gasteiger partial charge in [-0.2, -0.15) is 13.2 Å². The van der Waals surface area contributed by atoms with E-state index in [0.717, 1.165) is 17.7 Å². The van der Waals surface area contributed by atoms with Gasteiger partial charge in [0.2, 0.25) is 5.91 Å². The van der Waals surface area contributed by atoms with Crippen LogP contribution in [0.5, 0.6) is 5.75 Å². The Bertz CT molecular complexity index is 757. The molecule has 0 saturated carbocycles. The van der Waals surface area contributed by atoms with Crippen molar-refractivity contribution < 1.29 is 23.1 Å². The lowest BCUT2D eigenvalue weighted by Gasteiger charge is -2.25. The van der Waals surface area contributed by atoms with Gasteiger partial charge in [0, 0.05) is 19.0 Å². The van der Waals surface area contributed by atoms with E-state index in [1.54, 1.807) is 12.1 Å². The fourth-order valence-corrected chi connectivity index (χ4v) is 2.78. The Labute approximate surface area is 163 Å². The van der Waals surface area contributed by atoms with Crippen LogP contribution in [-0.2, 0) is 23.8 Å². The number of carbonyl (C=O) groups excluding carboxylic acids is 1. The average Bonchev–Trinajstić information content (AvgIpc) is 2.64. The average molecular weight is 394 g/mol. The topological polar surface area (TPSA) is 52.6 Å². The van der Waals surface area contributed by atoms with Crippen molar-refractivity contribution in [3.05, 3.63) is 65.2 Å².